The molecule has 0 saturated heterocycles. The average molecular weight is 189 g/mol. The predicted octanol–water partition coefficient (Wildman–Crippen LogP) is -0.287. The van der Waals surface area contributed by atoms with E-state index in [0.717, 1.165) is 5.49 Å². The van der Waals surface area contributed by atoms with Gasteiger partial charge < -0.3 is 10.8 Å². The Morgan fingerprint density at radius 3 is 2.83 bits per heavy atom. The molecule has 4 N–H and O–H groups in total. The zero-order chi connectivity index (χ0) is 9.40. The minimum absolute atomic E-state index is 0.0431. The van der Waals surface area contributed by atoms with Gasteiger partial charge in [-0.25, -0.2) is 4.79 Å². The fourth-order valence-corrected chi connectivity index (χ4v) is 0.637. The quantitative estimate of drug-likeness (QED) is 0.304. The van der Waals surface area contributed by atoms with Gasteiger partial charge in [-0.2, -0.15) is 5.10 Å². The Hall–Kier alpha value is -1.01. The molecule has 0 rings (SSSR count). The lowest BCUT2D eigenvalue weighted by Crippen LogP contribution is -2.18. The van der Waals surface area contributed by atoms with E-state index < -0.39 is 5.97 Å². The number of nitrogens with one attached hydrogen (secondary N) is 1. The van der Waals surface area contributed by atoms with Crippen molar-refractivity contribution >= 4 is 29.4 Å². The number of carboxylic acids is 1. The maximum atomic E-state index is 10.5. The number of hydrazone groups is 1. The van der Waals surface area contributed by atoms with Crippen molar-refractivity contribution < 1.29 is 9.90 Å². The summed E-state index contributed by atoms with van der Waals surface area (Å²) in [5.41, 5.74) is 8.69. The highest BCUT2D eigenvalue weighted by atomic mass is 32.1. The number of thiocarbonyl (C=S) groups is 1. The van der Waals surface area contributed by atoms with Gasteiger partial charge in [-0.15, -0.1) is 0 Å². The van der Waals surface area contributed by atoms with Gasteiger partial charge in [0.25, 0.3) is 0 Å². The monoisotopic (exact) mass is 189 g/mol. The molecule has 6 heteroatoms. The van der Waals surface area contributed by atoms with E-state index in [1.807, 2.05) is 0 Å². The second-order valence-electron chi connectivity index (χ2n) is 2.00. The van der Waals surface area contributed by atoms with Crippen molar-refractivity contribution in [1.29, 1.82) is 0 Å². The summed E-state index contributed by atoms with van der Waals surface area (Å²) in [6.45, 7) is 0.448. The van der Waals surface area contributed by atoms with E-state index in [2.05, 4.69) is 22.7 Å². The Labute approximate surface area is 75.6 Å². The molecule has 68 valence electrons. The molecule has 0 aromatic carbocycles. The largest absolute Gasteiger partial charge is 0.477 e. The van der Waals surface area contributed by atoms with Crippen LogP contribution in [0.2, 0.25) is 0 Å². The van der Waals surface area contributed by atoms with Gasteiger partial charge in [0.2, 0.25) is 0 Å². The van der Waals surface area contributed by atoms with Crippen molar-refractivity contribution in [2.75, 3.05) is 6.54 Å². The maximum Gasteiger partial charge on any atom is 0.352 e. The first-order valence-electron chi connectivity index (χ1n) is 3.41. The first kappa shape index (κ1) is 11.0. The minimum atomic E-state index is -1.05. The van der Waals surface area contributed by atoms with E-state index in [1.54, 1.807) is 0 Å². The SMILES string of the molecule is NCCCC(=NNC=S)C(=O)O. The molecule has 0 spiro atoms. The average Bonchev–Trinajstić information content (AvgIpc) is 2.04. The number of hydrogen-bond donors (Lipinski definition) is 3. The number of carboxylic acid groups (broad SMARTS) is 1. The second-order valence-corrected chi connectivity index (χ2v) is 2.24. The molecule has 0 saturated carbocycles. The van der Waals surface area contributed by atoms with Crippen LogP contribution in [-0.2, 0) is 4.79 Å². The fourth-order valence-electron chi connectivity index (χ4n) is 0.584. The number of carbonyl (C=O) groups is 1. The van der Waals surface area contributed by atoms with Crippen molar-refractivity contribution in [3.8, 4) is 0 Å². The molecule has 0 amide bonds. The lowest BCUT2D eigenvalue weighted by molar-refractivity contribution is -0.129. The summed E-state index contributed by atoms with van der Waals surface area (Å²) >= 11 is 4.41. The van der Waals surface area contributed by atoms with E-state index in [-0.39, 0.29) is 5.71 Å². The van der Waals surface area contributed by atoms with Crippen LogP contribution in [-0.4, -0.2) is 28.8 Å². The van der Waals surface area contributed by atoms with Crippen molar-refractivity contribution in [3.63, 3.8) is 0 Å². The Morgan fingerprint density at radius 1 is 1.75 bits per heavy atom. The Kier molecular flexibility index (Phi) is 6.12. The summed E-state index contributed by atoms with van der Waals surface area (Å²) < 4.78 is 0. The highest BCUT2D eigenvalue weighted by Crippen LogP contribution is 1.91. The Morgan fingerprint density at radius 2 is 2.42 bits per heavy atom. The van der Waals surface area contributed by atoms with Gasteiger partial charge in [0.1, 0.15) is 5.71 Å². The summed E-state index contributed by atoms with van der Waals surface area (Å²) in [7, 11) is 0. The molecule has 0 radical (unpaired) electrons. The highest BCUT2D eigenvalue weighted by Gasteiger charge is 2.07. The zero-order valence-electron chi connectivity index (χ0n) is 6.49. The summed E-state index contributed by atoms with van der Waals surface area (Å²) in [4.78, 5) is 10.5. The molecule has 0 unspecified atom stereocenters. The van der Waals surface area contributed by atoms with Gasteiger partial charge >= 0.3 is 5.97 Å². The van der Waals surface area contributed by atoms with Gasteiger partial charge in [-0.05, 0) is 19.4 Å². The van der Waals surface area contributed by atoms with Crippen molar-refractivity contribution in [2.45, 2.75) is 12.8 Å². The van der Waals surface area contributed by atoms with Crippen LogP contribution in [0.4, 0.5) is 0 Å². The smallest absolute Gasteiger partial charge is 0.352 e. The van der Waals surface area contributed by atoms with Crippen molar-refractivity contribution in [3.05, 3.63) is 0 Å². The van der Waals surface area contributed by atoms with Gasteiger partial charge in [0.15, 0.2) is 0 Å². The van der Waals surface area contributed by atoms with Crippen molar-refractivity contribution in [2.24, 2.45) is 10.8 Å². The normalized spacial score (nSPS) is 10.9. The molecular formula is C6H11N3O2S. The third-order valence-corrected chi connectivity index (χ3v) is 1.22. The molecule has 12 heavy (non-hydrogen) atoms. The van der Waals surface area contributed by atoms with Crippen LogP contribution in [0.1, 0.15) is 12.8 Å². The zero-order valence-corrected chi connectivity index (χ0v) is 7.30. The second kappa shape index (κ2) is 6.68. The number of rotatable bonds is 6. The molecule has 0 heterocycles. The summed E-state index contributed by atoms with van der Waals surface area (Å²) in [5.74, 6) is -1.05. The summed E-state index contributed by atoms with van der Waals surface area (Å²) in [5, 5.41) is 12.1. The number of nitrogens with two attached hydrogens (primary N) is 1. The molecule has 0 aliphatic heterocycles. The Balaban J connectivity index is 4.02. The van der Waals surface area contributed by atoms with E-state index in [1.165, 1.54) is 0 Å². The number of hydrogen-bond acceptors (Lipinski definition) is 4. The molecule has 5 nitrogen and oxygen atoms in total. The summed E-state index contributed by atoms with van der Waals surface area (Å²) in [6.07, 6.45) is 0.951. The third-order valence-electron chi connectivity index (χ3n) is 1.12. The number of nitrogens with zero attached hydrogens (tertiary/aromatic N) is 1. The van der Waals surface area contributed by atoms with Gasteiger partial charge in [0, 0.05) is 0 Å². The molecule has 0 aromatic heterocycles. The molecular weight excluding hydrogens is 178 g/mol. The van der Waals surface area contributed by atoms with Crippen LogP contribution in [0.5, 0.6) is 0 Å². The third kappa shape index (κ3) is 4.75. The molecule has 0 aromatic rings. The minimum Gasteiger partial charge on any atom is -0.477 e. The lowest BCUT2D eigenvalue weighted by Gasteiger charge is -1.98. The molecule has 0 bridgehead atoms. The highest BCUT2D eigenvalue weighted by molar-refractivity contribution is 7.78. The topological polar surface area (TPSA) is 87.7 Å². The van der Waals surface area contributed by atoms with Crippen LogP contribution in [0.15, 0.2) is 5.10 Å². The summed E-state index contributed by atoms with van der Waals surface area (Å²) in [6, 6.07) is 0. The van der Waals surface area contributed by atoms with Crippen LogP contribution in [0.25, 0.3) is 0 Å². The van der Waals surface area contributed by atoms with Gasteiger partial charge in [0.05, 0.1) is 5.49 Å². The van der Waals surface area contributed by atoms with E-state index in [4.69, 9.17) is 10.8 Å². The van der Waals surface area contributed by atoms with Crippen molar-refractivity contribution in [1.82, 2.24) is 5.43 Å². The first-order chi connectivity index (χ1) is 5.72. The lowest BCUT2D eigenvalue weighted by atomic mass is 10.2. The molecule has 0 aliphatic rings. The van der Waals surface area contributed by atoms with E-state index in [9.17, 15) is 4.79 Å². The predicted molar refractivity (Wildman–Crippen MR) is 50.1 cm³/mol. The van der Waals surface area contributed by atoms with Crippen LogP contribution in [0.3, 0.4) is 0 Å². The van der Waals surface area contributed by atoms with E-state index >= 15 is 0 Å². The molecule has 0 atom stereocenters. The van der Waals surface area contributed by atoms with Gasteiger partial charge in [-0.1, -0.05) is 12.2 Å². The Bertz CT molecular complexity index is 193. The molecule has 0 aliphatic carbocycles. The number of aliphatic carboxylic acids is 1. The van der Waals surface area contributed by atoms with Crippen LogP contribution >= 0.6 is 12.2 Å². The first-order valence-corrected chi connectivity index (χ1v) is 3.88. The maximum absolute atomic E-state index is 10.5. The van der Waals surface area contributed by atoms with Crippen LogP contribution in [0, 0.1) is 0 Å². The molecule has 0 fully saturated rings. The fraction of sp³-hybridized carbons (Fsp3) is 0.500. The van der Waals surface area contributed by atoms with Crippen LogP contribution < -0.4 is 11.2 Å². The van der Waals surface area contributed by atoms with E-state index in [0.29, 0.717) is 19.4 Å². The van der Waals surface area contributed by atoms with Gasteiger partial charge in [-0.3, -0.25) is 5.43 Å². The standard InChI is InChI=1S/C6H11N3O2S/c7-3-1-2-5(6(10)11)9-8-4-12/h4H,1-3,7H2,(H,8,12)(H,10,11).